The van der Waals surface area contributed by atoms with Crippen LogP contribution in [0.25, 0.3) is 11.0 Å². The molecule has 2 aromatic heterocycles. The molecule has 2 unspecified atom stereocenters. The van der Waals surface area contributed by atoms with Crippen LogP contribution >= 0.6 is 22.6 Å². The van der Waals surface area contributed by atoms with Gasteiger partial charge in [-0.2, -0.15) is 4.98 Å². The highest BCUT2D eigenvalue weighted by Crippen LogP contribution is 2.29. The summed E-state index contributed by atoms with van der Waals surface area (Å²) in [6.45, 7) is 15.4. The summed E-state index contributed by atoms with van der Waals surface area (Å²) in [5.41, 5.74) is -0.0244. The highest BCUT2D eigenvalue weighted by atomic mass is 127. The molecule has 0 saturated carbocycles. The van der Waals surface area contributed by atoms with Crippen LogP contribution in [0.4, 0.5) is 10.7 Å². The minimum Gasteiger partial charge on any atom is -0.444 e. The maximum atomic E-state index is 13.5. The lowest BCUT2D eigenvalue weighted by Crippen LogP contribution is -2.67. The molecule has 2 aliphatic rings. The molecule has 10 nitrogen and oxygen atoms in total. The first-order chi connectivity index (χ1) is 16.7. The van der Waals surface area contributed by atoms with E-state index in [0.717, 1.165) is 9.61 Å². The van der Waals surface area contributed by atoms with E-state index in [0.29, 0.717) is 56.6 Å². The van der Waals surface area contributed by atoms with Crippen LogP contribution in [-0.4, -0.2) is 83.8 Å². The highest BCUT2D eigenvalue weighted by molar-refractivity contribution is 14.1. The monoisotopic (exact) mass is 631 g/mol. The molecular formula is C24H38IN5O5Si. The number of aromatic nitrogens is 3. The molecule has 200 valence electrons. The molecule has 2 atom stereocenters. The third-order valence-electron chi connectivity index (χ3n) is 6.41. The fraction of sp³-hybridized carbons (Fsp3) is 0.708. The summed E-state index contributed by atoms with van der Waals surface area (Å²) in [5.74, 6) is 0.590. The molecule has 2 bridgehead atoms. The maximum Gasteiger partial charge on any atom is 0.410 e. The average molecular weight is 632 g/mol. The summed E-state index contributed by atoms with van der Waals surface area (Å²) in [6, 6.07) is 0.821. The Morgan fingerprint density at radius 2 is 1.86 bits per heavy atom. The van der Waals surface area contributed by atoms with Crippen molar-refractivity contribution in [1.29, 1.82) is 0 Å². The lowest BCUT2D eigenvalue weighted by atomic mass is 10.1. The van der Waals surface area contributed by atoms with E-state index in [4.69, 9.17) is 19.2 Å². The van der Waals surface area contributed by atoms with Gasteiger partial charge in [0.1, 0.15) is 12.3 Å². The third kappa shape index (κ3) is 5.91. The molecule has 2 fully saturated rings. The lowest BCUT2D eigenvalue weighted by molar-refractivity contribution is -0.0112. The van der Waals surface area contributed by atoms with Crippen molar-refractivity contribution in [3.05, 3.63) is 20.1 Å². The zero-order valence-electron chi connectivity index (χ0n) is 22.3. The number of carbonyl (C=O) groups excluding carboxylic acids is 1. The number of anilines is 1. The van der Waals surface area contributed by atoms with E-state index < -0.39 is 13.7 Å². The standard InChI is InChI=1S/C24H38IN5O5Si/c1-24(2,3)35-23(32)28-10-16-13-34-14-17(11-28)30(16)22-26-20-19(21(31)27(22)4)18(25)12-29(20)15-33-8-9-36(5,6)7/h12,16-17H,8-11,13-15H2,1-7H3. The van der Waals surface area contributed by atoms with Gasteiger partial charge in [-0.05, 0) is 49.4 Å². The van der Waals surface area contributed by atoms with Gasteiger partial charge in [-0.25, -0.2) is 4.79 Å². The molecule has 4 heterocycles. The van der Waals surface area contributed by atoms with E-state index >= 15 is 0 Å². The van der Waals surface area contributed by atoms with Gasteiger partial charge >= 0.3 is 6.09 Å². The summed E-state index contributed by atoms with van der Waals surface area (Å²) in [4.78, 5) is 35.1. The van der Waals surface area contributed by atoms with E-state index in [9.17, 15) is 9.59 Å². The Kier molecular flexibility index (Phi) is 7.80. The van der Waals surface area contributed by atoms with Gasteiger partial charge < -0.3 is 28.6 Å². The second kappa shape index (κ2) is 10.3. The quantitative estimate of drug-likeness (QED) is 0.274. The van der Waals surface area contributed by atoms with Crippen LogP contribution in [0.5, 0.6) is 0 Å². The Bertz CT molecular complexity index is 1170. The van der Waals surface area contributed by atoms with Gasteiger partial charge in [0.25, 0.3) is 5.56 Å². The number of halogens is 1. The predicted octanol–water partition coefficient (Wildman–Crippen LogP) is 3.48. The Hall–Kier alpha value is -1.64. The first kappa shape index (κ1) is 27.4. The molecule has 2 saturated heterocycles. The average Bonchev–Trinajstić information content (AvgIpc) is 3.06. The number of piperazine rings is 1. The van der Waals surface area contributed by atoms with Crippen molar-refractivity contribution in [2.24, 2.45) is 7.05 Å². The number of ether oxygens (including phenoxy) is 3. The Morgan fingerprint density at radius 3 is 2.44 bits per heavy atom. The topological polar surface area (TPSA) is 91.1 Å². The molecule has 36 heavy (non-hydrogen) atoms. The molecule has 0 aliphatic carbocycles. The normalized spacial score (nSPS) is 20.8. The van der Waals surface area contributed by atoms with Crippen molar-refractivity contribution in [1.82, 2.24) is 19.0 Å². The highest BCUT2D eigenvalue weighted by Gasteiger charge is 2.42. The van der Waals surface area contributed by atoms with Gasteiger partial charge in [0.15, 0.2) is 5.65 Å². The minimum absolute atomic E-state index is 0.0891. The minimum atomic E-state index is -1.19. The fourth-order valence-electron chi connectivity index (χ4n) is 4.60. The van der Waals surface area contributed by atoms with E-state index in [1.54, 1.807) is 16.5 Å². The van der Waals surface area contributed by atoms with Gasteiger partial charge in [-0.1, -0.05) is 19.6 Å². The van der Waals surface area contributed by atoms with Crippen LogP contribution in [0.15, 0.2) is 11.0 Å². The van der Waals surface area contributed by atoms with Crippen LogP contribution in [0.2, 0.25) is 25.7 Å². The van der Waals surface area contributed by atoms with E-state index in [1.165, 1.54) is 0 Å². The molecule has 1 amide bonds. The number of carbonyl (C=O) groups is 1. The Morgan fingerprint density at radius 1 is 1.22 bits per heavy atom. The molecular weight excluding hydrogens is 593 g/mol. The third-order valence-corrected chi connectivity index (χ3v) is 8.93. The van der Waals surface area contributed by atoms with Crippen LogP contribution in [0.1, 0.15) is 20.8 Å². The number of rotatable bonds is 6. The summed E-state index contributed by atoms with van der Waals surface area (Å²) < 4.78 is 21.8. The first-order valence-corrected chi connectivity index (χ1v) is 17.2. The van der Waals surface area contributed by atoms with Gasteiger partial charge in [0.2, 0.25) is 5.95 Å². The summed E-state index contributed by atoms with van der Waals surface area (Å²) in [5, 5.41) is 0.601. The smallest absolute Gasteiger partial charge is 0.410 e. The number of hydrogen-bond acceptors (Lipinski definition) is 7. The van der Waals surface area contributed by atoms with Gasteiger partial charge in [-0.15, -0.1) is 0 Å². The molecule has 0 N–H and O–H groups in total. The molecule has 2 aromatic rings. The zero-order valence-corrected chi connectivity index (χ0v) is 25.5. The SMILES string of the molecule is Cn1c(N2C3COCC2CN(C(=O)OC(C)(C)C)C3)nc2c(c(I)cn2COCC[Si](C)(C)C)c1=O. The van der Waals surface area contributed by atoms with Crippen molar-refractivity contribution >= 4 is 53.7 Å². The maximum absolute atomic E-state index is 13.5. The van der Waals surface area contributed by atoms with Gasteiger partial charge in [0.05, 0.1) is 30.7 Å². The summed E-state index contributed by atoms with van der Waals surface area (Å²) >= 11 is 2.19. The molecule has 0 radical (unpaired) electrons. The zero-order chi connectivity index (χ0) is 26.4. The Labute approximate surface area is 227 Å². The van der Waals surface area contributed by atoms with E-state index in [1.807, 2.05) is 31.5 Å². The second-order valence-electron chi connectivity index (χ2n) is 11.9. The summed E-state index contributed by atoms with van der Waals surface area (Å²) in [6.07, 6.45) is 1.61. The van der Waals surface area contributed by atoms with Crippen molar-refractivity contribution in [2.75, 3.05) is 37.8 Å². The summed E-state index contributed by atoms with van der Waals surface area (Å²) in [7, 11) is 0.570. The Balaban J connectivity index is 1.63. The molecule has 12 heteroatoms. The number of fused-ring (bicyclic) bond motifs is 3. The number of amides is 1. The molecule has 0 spiro atoms. The molecule has 4 rings (SSSR count). The second-order valence-corrected chi connectivity index (χ2v) is 18.7. The van der Waals surface area contributed by atoms with E-state index in [2.05, 4.69) is 47.1 Å². The van der Waals surface area contributed by atoms with Crippen molar-refractivity contribution in [3.8, 4) is 0 Å². The van der Waals surface area contributed by atoms with E-state index in [-0.39, 0.29) is 23.7 Å². The molecule has 0 aromatic carbocycles. The predicted molar refractivity (Wildman–Crippen MR) is 150 cm³/mol. The van der Waals surface area contributed by atoms with Crippen molar-refractivity contribution < 1.29 is 19.0 Å². The fourth-order valence-corrected chi connectivity index (χ4v) is 6.16. The van der Waals surface area contributed by atoms with Gasteiger partial charge in [0, 0.05) is 44.6 Å². The van der Waals surface area contributed by atoms with Crippen LogP contribution in [0.3, 0.4) is 0 Å². The largest absolute Gasteiger partial charge is 0.444 e. The first-order valence-electron chi connectivity index (χ1n) is 12.4. The molecule has 2 aliphatic heterocycles. The van der Waals surface area contributed by atoms with Crippen LogP contribution in [0, 0.1) is 3.57 Å². The number of nitrogens with zero attached hydrogens (tertiary/aromatic N) is 5. The van der Waals surface area contributed by atoms with Crippen molar-refractivity contribution in [3.63, 3.8) is 0 Å². The van der Waals surface area contributed by atoms with Crippen molar-refractivity contribution in [2.45, 2.75) is 70.9 Å². The van der Waals surface area contributed by atoms with Crippen LogP contribution in [-0.2, 0) is 28.0 Å². The number of morpholine rings is 1. The van der Waals surface area contributed by atoms with Crippen LogP contribution < -0.4 is 10.5 Å². The van der Waals surface area contributed by atoms with Gasteiger partial charge in [-0.3, -0.25) is 9.36 Å². The number of hydrogen-bond donors (Lipinski definition) is 0. The lowest BCUT2D eigenvalue weighted by Gasteiger charge is -2.50.